The SMILES string of the molecule is CC(=O)c1c(S(=O)(=O)N2CCN(C(=O)c3nc4c(o3)CN(C)CC4)C(CC(=O)N3CCOCC3)C2)[nH]c2ccc(Cl)cc12. The molecule has 0 bridgehead atoms. The third-order valence-electron chi connectivity index (χ3n) is 8.26. The van der Waals surface area contributed by atoms with E-state index in [-0.39, 0.29) is 48.4 Å². The van der Waals surface area contributed by atoms with Gasteiger partial charge < -0.3 is 23.9 Å². The van der Waals surface area contributed by atoms with Gasteiger partial charge in [0, 0.05) is 68.0 Å². The average molecular weight is 633 g/mol. The first-order valence-corrected chi connectivity index (χ1v) is 16.0. The maximum Gasteiger partial charge on any atom is 0.310 e. The van der Waals surface area contributed by atoms with E-state index in [4.69, 9.17) is 20.8 Å². The molecule has 3 aliphatic rings. The topological polar surface area (TPSA) is 149 Å². The number of sulfonamides is 1. The second-order valence-corrected chi connectivity index (χ2v) is 13.5. The molecule has 1 unspecified atom stereocenters. The number of carbonyl (C=O) groups is 3. The lowest BCUT2D eigenvalue weighted by atomic mass is 10.1. The number of piperazine rings is 1. The summed E-state index contributed by atoms with van der Waals surface area (Å²) in [6, 6.07) is 3.99. The molecule has 1 N–H and O–H groups in total. The summed E-state index contributed by atoms with van der Waals surface area (Å²) in [5.74, 6) is -0.554. The van der Waals surface area contributed by atoms with Gasteiger partial charge in [-0.25, -0.2) is 13.4 Å². The highest BCUT2D eigenvalue weighted by molar-refractivity contribution is 7.89. The van der Waals surface area contributed by atoms with E-state index in [0.29, 0.717) is 61.0 Å². The summed E-state index contributed by atoms with van der Waals surface area (Å²) in [7, 11) is -2.28. The molecule has 5 heterocycles. The number of H-pyrrole nitrogens is 1. The molecule has 15 heteroatoms. The number of hydrogen-bond acceptors (Lipinski definition) is 9. The Morgan fingerprint density at radius 2 is 1.88 bits per heavy atom. The van der Waals surface area contributed by atoms with Crippen LogP contribution >= 0.6 is 11.6 Å². The summed E-state index contributed by atoms with van der Waals surface area (Å²) in [6.45, 7) is 4.10. The molecule has 1 aromatic carbocycles. The van der Waals surface area contributed by atoms with Crippen molar-refractivity contribution in [1.29, 1.82) is 0 Å². The highest BCUT2D eigenvalue weighted by Gasteiger charge is 2.41. The van der Waals surface area contributed by atoms with Gasteiger partial charge in [-0.05, 0) is 32.2 Å². The van der Waals surface area contributed by atoms with Crippen LogP contribution in [0.5, 0.6) is 0 Å². The summed E-state index contributed by atoms with van der Waals surface area (Å²) in [5, 5.41) is 0.538. The van der Waals surface area contributed by atoms with Gasteiger partial charge in [0.05, 0.1) is 37.1 Å². The number of oxazole rings is 1. The van der Waals surface area contributed by atoms with Gasteiger partial charge in [0.25, 0.3) is 15.9 Å². The minimum Gasteiger partial charge on any atom is -0.436 e. The van der Waals surface area contributed by atoms with Crippen LogP contribution in [0.1, 0.15) is 45.8 Å². The van der Waals surface area contributed by atoms with Crippen LogP contribution in [0.15, 0.2) is 27.6 Å². The first kappa shape index (κ1) is 29.8. The van der Waals surface area contributed by atoms with Gasteiger partial charge in [0.1, 0.15) is 5.76 Å². The van der Waals surface area contributed by atoms with Crippen LogP contribution in [-0.4, -0.2) is 121 Å². The molecular weight excluding hydrogens is 600 g/mol. The fourth-order valence-corrected chi connectivity index (χ4v) is 7.85. The van der Waals surface area contributed by atoms with Crippen molar-refractivity contribution < 1.29 is 32.0 Å². The Morgan fingerprint density at radius 3 is 2.63 bits per heavy atom. The second-order valence-electron chi connectivity index (χ2n) is 11.2. The van der Waals surface area contributed by atoms with Crippen LogP contribution in [0.3, 0.4) is 0 Å². The first-order chi connectivity index (χ1) is 20.5. The summed E-state index contributed by atoms with van der Waals surface area (Å²) in [5.41, 5.74) is 1.21. The Kier molecular flexibility index (Phi) is 8.07. The monoisotopic (exact) mass is 632 g/mol. The van der Waals surface area contributed by atoms with Gasteiger partial charge in [-0.2, -0.15) is 4.31 Å². The van der Waals surface area contributed by atoms with Crippen molar-refractivity contribution in [2.24, 2.45) is 0 Å². The largest absolute Gasteiger partial charge is 0.436 e. The van der Waals surface area contributed by atoms with Crippen molar-refractivity contribution >= 4 is 50.1 Å². The first-order valence-electron chi connectivity index (χ1n) is 14.2. The number of ketones is 1. The smallest absolute Gasteiger partial charge is 0.310 e. The molecule has 1 atom stereocenters. The summed E-state index contributed by atoms with van der Waals surface area (Å²) >= 11 is 6.15. The van der Waals surface area contributed by atoms with Crippen LogP contribution in [0, 0.1) is 0 Å². The van der Waals surface area contributed by atoms with Crippen molar-refractivity contribution in [3.8, 4) is 0 Å². The molecule has 6 rings (SSSR count). The molecule has 3 aliphatic heterocycles. The molecule has 3 aromatic rings. The summed E-state index contributed by atoms with van der Waals surface area (Å²) in [4.78, 5) is 52.4. The number of fused-ring (bicyclic) bond motifs is 2. The molecule has 13 nitrogen and oxygen atoms in total. The van der Waals surface area contributed by atoms with Gasteiger partial charge in [0.2, 0.25) is 5.91 Å². The lowest BCUT2D eigenvalue weighted by Crippen LogP contribution is -2.58. The fraction of sp³-hybridized carbons (Fsp3) is 0.500. The highest BCUT2D eigenvalue weighted by atomic mass is 35.5. The number of benzene rings is 1. The Labute approximate surface area is 253 Å². The molecule has 0 spiro atoms. The molecule has 2 saturated heterocycles. The number of aromatic amines is 1. The van der Waals surface area contributed by atoms with Gasteiger partial charge in [-0.1, -0.05) is 11.6 Å². The van der Waals surface area contributed by atoms with Crippen LogP contribution in [-0.2, 0) is 32.5 Å². The van der Waals surface area contributed by atoms with Crippen molar-refractivity contribution in [1.82, 2.24) is 29.0 Å². The number of aromatic nitrogens is 2. The molecule has 0 radical (unpaired) electrons. The molecule has 2 aromatic heterocycles. The Morgan fingerprint density at radius 1 is 1.12 bits per heavy atom. The van der Waals surface area contributed by atoms with Crippen LogP contribution < -0.4 is 0 Å². The van der Waals surface area contributed by atoms with Crippen molar-refractivity contribution in [3.63, 3.8) is 0 Å². The number of nitrogens with zero attached hydrogens (tertiary/aromatic N) is 5. The number of carbonyl (C=O) groups excluding carboxylic acids is 3. The van der Waals surface area contributed by atoms with E-state index < -0.39 is 27.8 Å². The van der Waals surface area contributed by atoms with E-state index >= 15 is 0 Å². The number of hydrogen-bond donors (Lipinski definition) is 1. The zero-order valence-corrected chi connectivity index (χ0v) is 25.5. The van der Waals surface area contributed by atoms with E-state index in [9.17, 15) is 22.8 Å². The number of morpholine rings is 1. The minimum absolute atomic E-state index is 0.00747. The van der Waals surface area contributed by atoms with Crippen molar-refractivity contribution in [2.45, 2.75) is 37.4 Å². The molecule has 0 saturated carbocycles. The maximum absolute atomic E-state index is 14.1. The number of nitrogens with one attached hydrogen (secondary N) is 1. The minimum atomic E-state index is -4.24. The number of amides is 2. The van der Waals surface area contributed by atoms with Crippen molar-refractivity contribution in [3.05, 3.63) is 46.1 Å². The molecule has 230 valence electrons. The molecular formula is C28H33ClN6O7S. The van der Waals surface area contributed by atoms with Crippen LogP contribution in [0.2, 0.25) is 5.02 Å². The number of likely N-dealkylation sites (N-methyl/N-ethyl adjacent to an activating group) is 1. The number of halogens is 1. The third-order valence-corrected chi connectivity index (χ3v) is 10.3. The maximum atomic E-state index is 14.1. The highest BCUT2D eigenvalue weighted by Crippen LogP contribution is 2.32. The molecule has 2 amide bonds. The fourth-order valence-electron chi connectivity index (χ4n) is 5.98. The van der Waals surface area contributed by atoms with Crippen LogP contribution in [0.25, 0.3) is 10.9 Å². The van der Waals surface area contributed by atoms with Gasteiger partial charge in [-0.15, -0.1) is 0 Å². The number of rotatable bonds is 6. The zero-order valence-electron chi connectivity index (χ0n) is 24.0. The number of ether oxygens (including phenoxy) is 1. The molecule has 43 heavy (non-hydrogen) atoms. The quantitative estimate of drug-likeness (QED) is 0.401. The van der Waals surface area contributed by atoms with E-state index in [1.807, 2.05) is 7.05 Å². The summed E-state index contributed by atoms with van der Waals surface area (Å²) < 4.78 is 40.6. The molecule has 0 aliphatic carbocycles. The third kappa shape index (κ3) is 5.69. The van der Waals surface area contributed by atoms with E-state index in [1.165, 1.54) is 16.1 Å². The van der Waals surface area contributed by atoms with Gasteiger partial charge >= 0.3 is 5.91 Å². The van der Waals surface area contributed by atoms with Crippen LogP contribution in [0.4, 0.5) is 0 Å². The average Bonchev–Trinajstić information content (AvgIpc) is 3.59. The van der Waals surface area contributed by atoms with E-state index in [2.05, 4.69) is 14.9 Å². The molecule has 2 fully saturated rings. The van der Waals surface area contributed by atoms with Gasteiger partial charge in [0.15, 0.2) is 10.8 Å². The standard InChI is InChI=1S/C28H33ClN6O7S/c1-17(36)25-20-13-18(29)3-4-21(20)31-27(25)43(39,40)34-7-8-35(19(15-34)14-24(37)33-9-11-41-12-10-33)28(38)26-30-22-5-6-32(2)16-23(22)42-26/h3-4,13,19,31H,5-12,14-16H2,1-2H3. The van der Waals surface area contributed by atoms with E-state index in [0.717, 1.165) is 12.2 Å². The Bertz CT molecular complexity index is 1700. The summed E-state index contributed by atoms with van der Waals surface area (Å²) in [6.07, 6.45) is 0.560. The normalized spacial score (nSPS) is 20.4. The zero-order chi connectivity index (χ0) is 30.5. The Balaban J connectivity index is 1.31. The number of Topliss-reactive ketones (excluding diaryl/α,β-unsaturated/α-hetero) is 1. The Hall–Kier alpha value is -3.30. The predicted molar refractivity (Wildman–Crippen MR) is 155 cm³/mol. The lowest BCUT2D eigenvalue weighted by molar-refractivity contribution is -0.136. The van der Waals surface area contributed by atoms with Crippen molar-refractivity contribution in [2.75, 3.05) is 59.5 Å². The van der Waals surface area contributed by atoms with E-state index in [1.54, 1.807) is 23.1 Å². The van der Waals surface area contributed by atoms with Gasteiger partial charge in [-0.3, -0.25) is 19.3 Å². The second kappa shape index (κ2) is 11.7. The predicted octanol–water partition coefficient (Wildman–Crippen LogP) is 1.76. The lowest BCUT2D eigenvalue weighted by Gasteiger charge is -2.40.